The van der Waals surface area contributed by atoms with E-state index in [2.05, 4.69) is 5.10 Å². The van der Waals surface area contributed by atoms with Gasteiger partial charge in [-0.3, -0.25) is 4.68 Å². The Bertz CT molecular complexity index is 412. The number of carboxylic acids is 1. The third-order valence-corrected chi connectivity index (χ3v) is 2.43. The van der Waals surface area contributed by atoms with Gasteiger partial charge >= 0.3 is 12.1 Å². The largest absolute Gasteiger partial charge is 0.480 e. The Morgan fingerprint density at radius 2 is 2.12 bits per heavy atom. The number of hydrogen-bond donors (Lipinski definition) is 1. The molecule has 0 aliphatic carbocycles. The number of aliphatic carboxylic acids is 1. The normalized spacial score (nSPS) is 13.7. The zero-order valence-corrected chi connectivity index (χ0v) is 9.45. The predicted molar refractivity (Wildman–Crippen MR) is 53.6 cm³/mol. The average molecular weight is 250 g/mol. The Morgan fingerprint density at radius 1 is 1.53 bits per heavy atom. The van der Waals surface area contributed by atoms with Gasteiger partial charge in [0.2, 0.25) is 0 Å². The van der Waals surface area contributed by atoms with Crippen LogP contribution in [0.3, 0.4) is 0 Å². The Kier molecular flexibility index (Phi) is 3.79. The van der Waals surface area contributed by atoms with Crippen LogP contribution >= 0.6 is 0 Å². The average Bonchev–Trinajstić information content (AvgIpc) is 2.61. The first-order chi connectivity index (χ1) is 7.81. The van der Waals surface area contributed by atoms with Gasteiger partial charge in [0.25, 0.3) is 0 Å². The molecule has 1 N–H and O–H groups in total. The predicted octanol–water partition coefficient (Wildman–Crippen LogP) is 2.50. The van der Waals surface area contributed by atoms with Crippen LogP contribution in [0.5, 0.6) is 0 Å². The molecule has 0 radical (unpaired) electrons. The minimum absolute atomic E-state index is 0.182. The first-order valence-electron chi connectivity index (χ1n) is 5.19. The van der Waals surface area contributed by atoms with Gasteiger partial charge in [0.1, 0.15) is 6.04 Å². The standard InChI is InChI=1S/C10H13F3N2O2/c1-3-6-5-8(10(11,12)13)14-15(6)7(4-2)9(16)17/h5,7H,3-4H2,1-2H3,(H,16,17)/t7-/m0/s1. The topological polar surface area (TPSA) is 55.1 Å². The maximum atomic E-state index is 12.5. The molecule has 0 saturated carbocycles. The molecule has 4 nitrogen and oxygen atoms in total. The second kappa shape index (κ2) is 4.77. The monoisotopic (exact) mass is 250 g/mol. The SMILES string of the molecule is CCc1cc(C(F)(F)F)nn1[C@@H](CC)C(=O)O. The second-order valence-corrected chi connectivity index (χ2v) is 3.58. The molecule has 96 valence electrons. The van der Waals surface area contributed by atoms with Crippen LogP contribution in [0.2, 0.25) is 0 Å². The number of hydrogen-bond acceptors (Lipinski definition) is 2. The van der Waals surface area contributed by atoms with Crippen molar-refractivity contribution in [2.45, 2.75) is 38.9 Å². The molecule has 0 fully saturated rings. The lowest BCUT2D eigenvalue weighted by molar-refractivity contribution is -0.144. The van der Waals surface area contributed by atoms with Crippen LogP contribution in [0.4, 0.5) is 13.2 Å². The molecule has 0 spiro atoms. The fourth-order valence-corrected chi connectivity index (χ4v) is 1.56. The molecule has 1 rings (SSSR count). The summed E-state index contributed by atoms with van der Waals surface area (Å²) in [4.78, 5) is 10.9. The summed E-state index contributed by atoms with van der Waals surface area (Å²) >= 11 is 0. The minimum Gasteiger partial charge on any atom is -0.480 e. The van der Waals surface area contributed by atoms with E-state index in [-0.39, 0.29) is 12.1 Å². The molecular weight excluding hydrogens is 237 g/mol. The highest BCUT2D eigenvalue weighted by atomic mass is 19.4. The van der Waals surface area contributed by atoms with E-state index >= 15 is 0 Å². The van der Waals surface area contributed by atoms with Gasteiger partial charge in [0, 0.05) is 5.69 Å². The fraction of sp³-hybridized carbons (Fsp3) is 0.600. The summed E-state index contributed by atoms with van der Waals surface area (Å²) in [5, 5.41) is 12.3. The quantitative estimate of drug-likeness (QED) is 0.893. The lowest BCUT2D eigenvalue weighted by atomic mass is 10.2. The molecule has 0 amide bonds. The van der Waals surface area contributed by atoms with Crippen molar-refractivity contribution in [3.63, 3.8) is 0 Å². The summed E-state index contributed by atoms with van der Waals surface area (Å²) < 4.78 is 38.3. The highest BCUT2D eigenvalue weighted by Crippen LogP contribution is 2.30. The molecule has 1 aromatic heterocycles. The maximum absolute atomic E-state index is 12.5. The van der Waals surface area contributed by atoms with Crippen molar-refractivity contribution in [2.24, 2.45) is 0 Å². The molecule has 0 aromatic carbocycles. The second-order valence-electron chi connectivity index (χ2n) is 3.58. The molecule has 1 atom stereocenters. The van der Waals surface area contributed by atoms with E-state index in [1.807, 2.05) is 0 Å². The Labute approximate surface area is 96.0 Å². The van der Waals surface area contributed by atoms with Crippen molar-refractivity contribution in [3.8, 4) is 0 Å². The van der Waals surface area contributed by atoms with E-state index in [9.17, 15) is 18.0 Å². The third kappa shape index (κ3) is 2.78. The summed E-state index contributed by atoms with van der Waals surface area (Å²) in [7, 11) is 0. The van der Waals surface area contributed by atoms with Crippen molar-refractivity contribution >= 4 is 5.97 Å². The molecule has 1 aromatic rings. The number of halogens is 3. The van der Waals surface area contributed by atoms with Gasteiger partial charge in [0.15, 0.2) is 5.69 Å². The summed E-state index contributed by atoms with van der Waals surface area (Å²) in [5.41, 5.74) is -0.777. The van der Waals surface area contributed by atoms with Crippen molar-refractivity contribution in [1.82, 2.24) is 9.78 Å². The first-order valence-corrected chi connectivity index (χ1v) is 5.19. The molecule has 17 heavy (non-hydrogen) atoms. The number of alkyl halides is 3. The van der Waals surface area contributed by atoms with Crippen molar-refractivity contribution in [1.29, 1.82) is 0 Å². The van der Waals surface area contributed by atoms with Crippen molar-refractivity contribution < 1.29 is 23.1 Å². The lowest BCUT2D eigenvalue weighted by Crippen LogP contribution is -2.21. The molecule has 0 aliphatic rings. The smallest absolute Gasteiger partial charge is 0.435 e. The number of nitrogens with zero attached hydrogens (tertiary/aromatic N) is 2. The van der Waals surface area contributed by atoms with E-state index in [4.69, 9.17) is 5.11 Å². The van der Waals surface area contributed by atoms with Crippen LogP contribution in [0.1, 0.15) is 37.7 Å². The summed E-state index contributed by atoms with van der Waals surface area (Å²) in [6.45, 7) is 3.25. The number of aromatic nitrogens is 2. The van der Waals surface area contributed by atoms with Gasteiger partial charge < -0.3 is 5.11 Å². The lowest BCUT2D eigenvalue weighted by Gasteiger charge is -2.13. The van der Waals surface area contributed by atoms with Crippen molar-refractivity contribution in [3.05, 3.63) is 17.5 Å². The Morgan fingerprint density at radius 3 is 2.47 bits per heavy atom. The molecule has 0 unspecified atom stereocenters. The van der Waals surface area contributed by atoms with Crippen LogP contribution in [0.15, 0.2) is 6.07 Å². The van der Waals surface area contributed by atoms with Gasteiger partial charge in [-0.1, -0.05) is 13.8 Å². The number of carbonyl (C=O) groups is 1. The maximum Gasteiger partial charge on any atom is 0.435 e. The summed E-state index contributed by atoms with van der Waals surface area (Å²) in [6, 6.07) is -0.160. The zero-order valence-electron chi connectivity index (χ0n) is 9.45. The molecule has 0 saturated heterocycles. The number of aryl methyl sites for hydroxylation is 1. The van der Waals surface area contributed by atoms with Gasteiger partial charge in [0.05, 0.1) is 0 Å². The van der Waals surface area contributed by atoms with Crippen LogP contribution in [0, 0.1) is 0 Å². The van der Waals surface area contributed by atoms with E-state index in [0.29, 0.717) is 6.42 Å². The Hall–Kier alpha value is -1.53. The van der Waals surface area contributed by atoms with Gasteiger partial charge in [-0.15, -0.1) is 0 Å². The molecule has 0 bridgehead atoms. The Balaban J connectivity index is 3.23. The van der Waals surface area contributed by atoms with E-state index < -0.39 is 23.9 Å². The summed E-state index contributed by atoms with van der Waals surface area (Å²) in [6.07, 6.45) is -4.07. The molecule has 1 heterocycles. The number of carboxylic acid groups (broad SMARTS) is 1. The fourth-order valence-electron chi connectivity index (χ4n) is 1.56. The van der Waals surface area contributed by atoms with Gasteiger partial charge in [-0.05, 0) is 18.9 Å². The summed E-state index contributed by atoms with van der Waals surface area (Å²) in [5.74, 6) is -1.18. The first kappa shape index (κ1) is 13.5. The van der Waals surface area contributed by atoms with Gasteiger partial charge in [-0.2, -0.15) is 18.3 Å². The minimum atomic E-state index is -4.55. The molecule has 0 aliphatic heterocycles. The van der Waals surface area contributed by atoms with Crippen LogP contribution < -0.4 is 0 Å². The zero-order chi connectivity index (χ0) is 13.2. The van der Waals surface area contributed by atoms with Gasteiger partial charge in [-0.25, -0.2) is 4.79 Å². The van der Waals surface area contributed by atoms with Crippen LogP contribution in [-0.2, 0) is 17.4 Å². The van der Waals surface area contributed by atoms with E-state index in [1.54, 1.807) is 13.8 Å². The highest BCUT2D eigenvalue weighted by Gasteiger charge is 2.36. The van der Waals surface area contributed by atoms with E-state index in [1.165, 1.54) is 0 Å². The van der Waals surface area contributed by atoms with Crippen LogP contribution in [-0.4, -0.2) is 20.9 Å². The molecule has 7 heteroatoms. The van der Waals surface area contributed by atoms with Crippen molar-refractivity contribution in [2.75, 3.05) is 0 Å². The number of rotatable bonds is 4. The molecular formula is C10H13F3N2O2. The van der Waals surface area contributed by atoms with E-state index in [0.717, 1.165) is 10.7 Å². The van der Waals surface area contributed by atoms with Crippen LogP contribution in [0.25, 0.3) is 0 Å². The highest BCUT2D eigenvalue weighted by molar-refractivity contribution is 5.71. The third-order valence-electron chi connectivity index (χ3n) is 2.43.